The molecule has 2 fully saturated rings. The molecule has 1 aromatic heterocycles. The Labute approximate surface area is 136 Å². The summed E-state index contributed by atoms with van der Waals surface area (Å²) in [5.74, 6) is -0.0281. The zero-order valence-electron chi connectivity index (χ0n) is 13.3. The number of pyridine rings is 1. The highest BCUT2D eigenvalue weighted by Crippen LogP contribution is 2.39. The molecular formula is C17H23N3O3. The fourth-order valence-corrected chi connectivity index (χ4v) is 3.81. The fourth-order valence-electron chi connectivity index (χ4n) is 3.81. The van der Waals surface area contributed by atoms with E-state index in [1.807, 2.05) is 17.0 Å². The van der Waals surface area contributed by atoms with Crippen LogP contribution in [0.2, 0.25) is 0 Å². The van der Waals surface area contributed by atoms with Crippen LogP contribution in [-0.4, -0.2) is 57.9 Å². The summed E-state index contributed by atoms with van der Waals surface area (Å²) in [7, 11) is 0. The minimum Gasteiger partial charge on any atom is -0.387 e. The second-order valence-corrected chi connectivity index (χ2v) is 6.68. The number of aliphatic hydroxyl groups excluding tert-OH is 1. The summed E-state index contributed by atoms with van der Waals surface area (Å²) in [5, 5.41) is 9.10. The van der Waals surface area contributed by atoms with Gasteiger partial charge in [-0.2, -0.15) is 0 Å². The van der Waals surface area contributed by atoms with Crippen molar-refractivity contribution in [3.8, 4) is 0 Å². The first-order valence-corrected chi connectivity index (χ1v) is 8.17. The van der Waals surface area contributed by atoms with Gasteiger partial charge in [-0.1, -0.05) is 0 Å². The molecule has 2 amide bonds. The van der Waals surface area contributed by atoms with Crippen LogP contribution in [-0.2, 0) is 16.1 Å². The van der Waals surface area contributed by atoms with Crippen LogP contribution >= 0.6 is 0 Å². The van der Waals surface area contributed by atoms with Gasteiger partial charge in [0, 0.05) is 50.4 Å². The maximum atomic E-state index is 12.3. The van der Waals surface area contributed by atoms with Gasteiger partial charge >= 0.3 is 0 Å². The average molecular weight is 317 g/mol. The second-order valence-electron chi connectivity index (χ2n) is 6.68. The molecule has 0 aliphatic carbocycles. The lowest BCUT2D eigenvalue weighted by molar-refractivity contribution is -0.144. The number of carbonyl (C=O) groups is 2. The number of aromatic nitrogens is 1. The monoisotopic (exact) mass is 317 g/mol. The van der Waals surface area contributed by atoms with E-state index in [9.17, 15) is 9.59 Å². The summed E-state index contributed by atoms with van der Waals surface area (Å²) in [4.78, 5) is 31.8. The summed E-state index contributed by atoms with van der Waals surface area (Å²) < 4.78 is 0. The molecule has 0 unspecified atom stereocenters. The molecule has 1 atom stereocenters. The third-order valence-electron chi connectivity index (χ3n) is 5.02. The molecule has 6 nitrogen and oxygen atoms in total. The van der Waals surface area contributed by atoms with Crippen LogP contribution in [0.15, 0.2) is 24.5 Å². The van der Waals surface area contributed by atoms with Crippen LogP contribution in [0.25, 0.3) is 0 Å². The zero-order chi connectivity index (χ0) is 16.3. The van der Waals surface area contributed by atoms with Crippen molar-refractivity contribution in [1.82, 2.24) is 14.8 Å². The summed E-state index contributed by atoms with van der Waals surface area (Å²) in [5.41, 5.74) is 1.05. The quantitative estimate of drug-likeness (QED) is 0.895. The van der Waals surface area contributed by atoms with E-state index in [-0.39, 0.29) is 17.2 Å². The molecule has 0 saturated carbocycles. The molecule has 124 valence electrons. The van der Waals surface area contributed by atoms with E-state index in [1.54, 1.807) is 17.3 Å². The van der Waals surface area contributed by atoms with Gasteiger partial charge in [-0.3, -0.25) is 14.6 Å². The maximum Gasteiger partial charge on any atom is 0.248 e. The summed E-state index contributed by atoms with van der Waals surface area (Å²) in [6.45, 7) is 2.20. The Morgan fingerprint density at radius 1 is 1.26 bits per heavy atom. The van der Waals surface area contributed by atoms with Crippen LogP contribution in [0.1, 0.15) is 31.2 Å². The SMILES string of the molecule is O=C(CO)N1CCC[C@@]2(CCC(=O)N(Cc3ccncc3)C2)C1. The third-order valence-corrected chi connectivity index (χ3v) is 5.02. The van der Waals surface area contributed by atoms with E-state index in [1.165, 1.54) is 0 Å². The van der Waals surface area contributed by atoms with Gasteiger partial charge in [-0.05, 0) is 37.0 Å². The van der Waals surface area contributed by atoms with E-state index < -0.39 is 6.61 Å². The van der Waals surface area contributed by atoms with Crippen LogP contribution < -0.4 is 0 Å². The number of nitrogens with zero attached hydrogens (tertiary/aromatic N) is 3. The molecule has 3 rings (SSSR count). The highest BCUT2D eigenvalue weighted by atomic mass is 16.3. The predicted molar refractivity (Wildman–Crippen MR) is 84.2 cm³/mol. The van der Waals surface area contributed by atoms with E-state index in [2.05, 4.69) is 4.98 Å². The smallest absolute Gasteiger partial charge is 0.248 e. The summed E-state index contributed by atoms with van der Waals surface area (Å²) in [6, 6.07) is 3.86. The van der Waals surface area contributed by atoms with Crippen LogP contribution in [0.4, 0.5) is 0 Å². The lowest BCUT2D eigenvalue weighted by atomic mass is 9.73. The highest BCUT2D eigenvalue weighted by molar-refractivity contribution is 5.78. The number of hydrogen-bond acceptors (Lipinski definition) is 4. The van der Waals surface area contributed by atoms with Crippen LogP contribution in [0, 0.1) is 5.41 Å². The largest absolute Gasteiger partial charge is 0.387 e. The van der Waals surface area contributed by atoms with Gasteiger partial charge in [-0.15, -0.1) is 0 Å². The lowest BCUT2D eigenvalue weighted by Crippen LogP contribution is -2.55. The molecule has 1 aromatic rings. The van der Waals surface area contributed by atoms with Gasteiger partial charge in [0.2, 0.25) is 11.8 Å². The number of amides is 2. The number of hydrogen-bond donors (Lipinski definition) is 1. The predicted octanol–water partition coefficient (Wildman–Crippen LogP) is 0.805. The van der Waals surface area contributed by atoms with E-state index in [0.717, 1.165) is 24.8 Å². The topological polar surface area (TPSA) is 73.7 Å². The highest BCUT2D eigenvalue weighted by Gasteiger charge is 2.42. The molecule has 23 heavy (non-hydrogen) atoms. The van der Waals surface area contributed by atoms with Crippen molar-refractivity contribution >= 4 is 11.8 Å². The molecule has 2 aliphatic heterocycles. The normalized spacial score (nSPS) is 25.0. The standard InChI is InChI=1S/C17H23N3O3/c21-11-16(23)19-9-1-5-17(12-19)6-2-15(22)20(13-17)10-14-3-7-18-8-4-14/h3-4,7-8,21H,1-2,5-6,9-13H2/t17-/m1/s1. The van der Waals surface area contributed by atoms with Crippen molar-refractivity contribution in [2.45, 2.75) is 32.2 Å². The van der Waals surface area contributed by atoms with E-state index in [0.29, 0.717) is 32.6 Å². The lowest BCUT2D eigenvalue weighted by Gasteiger charge is -2.48. The van der Waals surface area contributed by atoms with Crippen LogP contribution in [0.5, 0.6) is 0 Å². The molecule has 1 spiro atoms. The number of likely N-dealkylation sites (tertiary alicyclic amines) is 2. The minimum absolute atomic E-state index is 0.0238. The molecule has 6 heteroatoms. The first kappa shape index (κ1) is 15.9. The molecule has 1 N–H and O–H groups in total. The Morgan fingerprint density at radius 3 is 2.78 bits per heavy atom. The van der Waals surface area contributed by atoms with Crippen LogP contribution in [0.3, 0.4) is 0 Å². The molecule has 2 saturated heterocycles. The first-order valence-electron chi connectivity index (χ1n) is 8.17. The van der Waals surface area contributed by atoms with Gasteiger partial charge in [0.1, 0.15) is 6.61 Å². The minimum atomic E-state index is -0.435. The third kappa shape index (κ3) is 3.52. The van der Waals surface area contributed by atoms with Gasteiger partial charge in [-0.25, -0.2) is 0 Å². The van der Waals surface area contributed by atoms with Crippen molar-refractivity contribution in [3.63, 3.8) is 0 Å². The van der Waals surface area contributed by atoms with Gasteiger partial charge < -0.3 is 14.9 Å². The van der Waals surface area contributed by atoms with Gasteiger partial charge in [0.05, 0.1) is 0 Å². The summed E-state index contributed by atoms with van der Waals surface area (Å²) in [6.07, 6.45) is 6.80. The number of carbonyl (C=O) groups excluding carboxylic acids is 2. The molecule has 2 aliphatic rings. The second kappa shape index (κ2) is 6.66. The van der Waals surface area contributed by atoms with Crippen molar-refractivity contribution in [1.29, 1.82) is 0 Å². The van der Waals surface area contributed by atoms with E-state index in [4.69, 9.17) is 5.11 Å². The van der Waals surface area contributed by atoms with Crippen molar-refractivity contribution in [2.24, 2.45) is 5.41 Å². The molecule has 3 heterocycles. The van der Waals surface area contributed by atoms with Gasteiger partial charge in [0.15, 0.2) is 0 Å². The number of aliphatic hydroxyl groups is 1. The van der Waals surface area contributed by atoms with Crippen molar-refractivity contribution in [2.75, 3.05) is 26.2 Å². The number of piperidine rings is 2. The maximum absolute atomic E-state index is 12.3. The Bertz CT molecular complexity index is 578. The Morgan fingerprint density at radius 2 is 2.04 bits per heavy atom. The zero-order valence-corrected chi connectivity index (χ0v) is 13.3. The molecule has 0 radical (unpaired) electrons. The van der Waals surface area contributed by atoms with Crippen molar-refractivity contribution < 1.29 is 14.7 Å². The van der Waals surface area contributed by atoms with E-state index >= 15 is 0 Å². The Balaban J connectivity index is 1.71. The number of rotatable bonds is 3. The van der Waals surface area contributed by atoms with Crippen molar-refractivity contribution in [3.05, 3.63) is 30.1 Å². The first-order chi connectivity index (χ1) is 11.1. The van der Waals surface area contributed by atoms with Gasteiger partial charge in [0.25, 0.3) is 0 Å². The Kier molecular flexibility index (Phi) is 4.61. The molecule has 0 aromatic carbocycles. The average Bonchev–Trinajstić information content (AvgIpc) is 2.59. The molecule has 0 bridgehead atoms. The molecular weight excluding hydrogens is 294 g/mol. The Hall–Kier alpha value is -1.95. The summed E-state index contributed by atoms with van der Waals surface area (Å²) >= 11 is 0. The fraction of sp³-hybridized carbons (Fsp3) is 0.588.